The summed E-state index contributed by atoms with van der Waals surface area (Å²) in [5, 5.41) is 14.0. The molecule has 4 aliphatic carbocycles. The molecule has 1 aromatic rings. The lowest BCUT2D eigenvalue weighted by molar-refractivity contribution is -0.129. The maximum absolute atomic E-state index is 13.7. The second kappa shape index (κ2) is 7.83. The van der Waals surface area contributed by atoms with Crippen LogP contribution < -0.4 is 5.32 Å². The summed E-state index contributed by atoms with van der Waals surface area (Å²) >= 11 is 0. The number of aromatic nitrogens is 2. The number of carbonyl (C=O) groups excluding carboxylic acids is 1. The van der Waals surface area contributed by atoms with E-state index in [4.69, 9.17) is 4.98 Å². The molecule has 33 heavy (non-hydrogen) atoms. The predicted octanol–water partition coefficient (Wildman–Crippen LogP) is 5.49. The van der Waals surface area contributed by atoms with Crippen molar-refractivity contribution in [2.75, 3.05) is 5.32 Å². The monoisotopic (exact) mass is 453 g/mol. The molecule has 5 nitrogen and oxygen atoms in total. The normalized spacial score (nSPS) is 44.4. The summed E-state index contributed by atoms with van der Waals surface area (Å²) in [6, 6.07) is 0. The summed E-state index contributed by atoms with van der Waals surface area (Å²) in [4.78, 5) is 18.5. The van der Waals surface area contributed by atoms with Gasteiger partial charge in [-0.3, -0.25) is 4.79 Å². The van der Waals surface area contributed by atoms with Crippen molar-refractivity contribution in [3.05, 3.63) is 11.5 Å². The topological polar surface area (TPSA) is 67.2 Å². The Bertz CT molecular complexity index is 936. The van der Waals surface area contributed by atoms with Crippen LogP contribution in [-0.2, 0) is 17.8 Å². The first kappa shape index (κ1) is 22.1. The molecule has 1 aliphatic heterocycles. The average molecular weight is 454 g/mol. The van der Waals surface area contributed by atoms with Crippen LogP contribution in [-0.4, -0.2) is 26.2 Å². The molecule has 0 spiro atoms. The van der Waals surface area contributed by atoms with E-state index in [-0.39, 0.29) is 17.2 Å². The lowest BCUT2D eigenvalue weighted by atomic mass is 9.49. The number of anilines is 1. The first-order chi connectivity index (χ1) is 15.8. The quantitative estimate of drug-likeness (QED) is 0.622. The zero-order valence-electron chi connectivity index (χ0n) is 20.9. The van der Waals surface area contributed by atoms with Crippen LogP contribution in [0.15, 0.2) is 0 Å². The van der Waals surface area contributed by atoms with Crippen LogP contribution in [0.3, 0.4) is 0 Å². The van der Waals surface area contributed by atoms with Crippen molar-refractivity contribution in [2.45, 2.75) is 110 Å². The maximum atomic E-state index is 13.7. The van der Waals surface area contributed by atoms with Crippen molar-refractivity contribution in [1.29, 1.82) is 0 Å². The van der Waals surface area contributed by atoms with Gasteiger partial charge in [-0.2, -0.15) is 0 Å². The van der Waals surface area contributed by atoms with Gasteiger partial charge in [0.25, 0.3) is 0 Å². The predicted molar refractivity (Wildman–Crippen MR) is 130 cm³/mol. The number of hydrogen-bond donors (Lipinski definition) is 2. The van der Waals surface area contributed by atoms with Crippen molar-refractivity contribution in [1.82, 2.24) is 9.55 Å². The number of aliphatic hydroxyl groups is 1. The summed E-state index contributed by atoms with van der Waals surface area (Å²) in [5.41, 5.74) is 0.672. The number of amides is 1. The van der Waals surface area contributed by atoms with Crippen molar-refractivity contribution >= 4 is 11.7 Å². The van der Waals surface area contributed by atoms with E-state index < -0.39 is 5.60 Å². The number of carbonyl (C=O) groups is 1. The molecule has 4 saturated carbocycles. The van der Waals surface area contributed by atoms with Crippen LogP contribution in [0.5, 0.6) is 0 Å². The van der Waals surface area contributed by atoms with Gasteiger partial charge in [0.1, 0.15) is 11.6 Å². The van der Waals surface area contributed by atoms with Crippen LogP contribution in [0.4, 0.5) is 5.82 Å². The Morgan fingerprint density at radius 2 is 1.85 bits per heavy atom. The minimum Gasteiger partial charge on any atom is -0.390 e. The van der Waals surface area contributed by atoms with Crippen molar-refractivity contribution in [2.24, 2.45) is 40.9 Å². The summed E-state index contributed by atoms with van der Waals surface area (Å²) < 4.78 is 2.27. The number of aryl methyl sites for hydroxylation is 2. The number of imidazole rings is 1. The van der Waals surface area contributed by atoms with Crippen LogP contribution in [0, 0.1) is 47.8 Å². The fraction of sp³-hybridized carbons (Fsp3) is 0.857. The third-order valence-electron chi connectivity index (χ3n) is 11.0. The lowest BCUT2D eigenvalue weighted by Crippen LogP contribution is -2.51. The molecule has 182 valence electrons. The van der Waals surface area contributed by atoms with Gasteiger partial charge >= 0.3 is 0 Å². The Morgan fingerprint density at radius 1 is 1.03 bits per heavy atom. The molecule has 1 amide bonds. The van der Waals surface area contributed by atoms with E-state index in [1.807, 2.05) is 13.8 Å². The molecular formula is C28H43N3O2. The largest absolute Gasteiger partial charge is 0.390 e. The summed E-state index contributed by atoms with van der Waals surface area (Å²) in [5.74, 6) is 6.31. The molecule has 0 aromatic carbocycles. The molecule has 4 fully saturated rings. The van der Waals surface area contributed by atoms with E-state index in [2.05, 4.69) is 16.8 Å². The van der Waals surface area contributed by atoms with Gasteiger partial charge in [-0.15, -0.1) is 0 Å². The molecule has 2 N–H and O–H groups in total. The van der Waals surface area contributed by atoms with Gasteiger partial charge in [-0.05, 0) is 119 Å². The third kappa shape index (κ3) is 3.51. The fourth-order valence-electron chi connectivity index (χ4n) is 9.49. The Kier molecular flexibility index (Phi) is 5.25. The van der Waals surface area contributed by atoms with E-state index in [1.165, 1.54) is 51.4 Å². The van der Waals surface area contributed by atoms with E-state index in [1.54, 1.807) is 0 Å². The fourth-order valence-corrected chi connectivity index (χ4v) is 9.49. The summed E-state index contributed by atoms with van der Waals surface area (Å²) in [6.07, 6.45) is 13.9. The third-order valence-corrected chi connectivity index (χ3v) is 11.0. The zero-order chi connectivity index (χ0) is 23.0. The highest BCUT2D eigenvalue weighted by Crippen LogP contribution is 2.64. The molecule has 8 atom stereocenters. The number of hydrogen-bond acceptors (Lipinski definition) is 3. The van der Waals surface area contributed by atoms with E-state index >= 15 is 0 Å². The second-order valence-electron chi connectivity index (χ2n) is 12.9. The maximum Gasteiger partial charge on any atom is 0.229 e. The number of fused-ring (bicyclic) bond motifs is 6. The molecular weight excluding hydrogens is 410 g/mol. The summed E-state index contributed by atoms with van der Waals surface area (Å²) in [6.45, 7) is 7.52. The molecule has 1 aromatic heterocycles. The Morgan fingerprint density at radius 3 is 2.70 bits per heavy atom. The zero-order valence-corrected chi connectivity index (χ0v) is 20.9. The van der Waals surface area contributed by atoms with E-state index in [0.29, 0.717) is 5.92 Å². The molecule has 0 unspecified atom stereocenters. The van der Waals surface area contributed by atoms with E-state index in [0.717, 1.165) is 73.2 Å². The van der Waals surface area contributed by atoms with Crippen molar-refractivity contribution in [3.63, 3.8) is 0 Å². The Labute approximate surface area is 199 Å². The molecule has 5 aliphatic rings. The number of rotatable bonds is 2. The lowest BCUT2D eigenvalue weighted by Gasteiger charge is -2.56. The molecule has 0 radical (unpaired) electrons. The minimum absolute atomic E-state index is 0.127. The van der Waals surface area contributed by atoms with E-state index in [9.17, 15) is 9.90 Å². The molecule has 0 saturated heterocycles. The van der Waals surface area contributed by atoms with Gasteiger partial charge in [0.05, 0.1) is 11.3 Å². The van der Waals surface area contributed by atoms with Crippen LogP contribution in [0.2, 0.25) is 0 Å². The van der Waals surface area contributed by atoms with Crippen LogP contribution >= 0.6 is 0 Å². The van der Waals surface area contributed by atoms with Crippen LogP contribution in [0.1, 0.15) is 96.0 Å². The molecule has 6 rings (SSSR count). The van der Waals surface area contributed by atoms with Gasteiger partial charge < -0.3 is 15.0 Å². The Hall–Kier alpha value is -1.36. The van der Waals surface area contributed by atoms with Crippen molar-refractivity contribution < 1.29 is 9.90 Å². The first-order valence-corrected chi connectivity index (χ1v) is 13.9. The number of nitrogens with one attached hydrogen (secondary N) is 1. The number of nitrogens with zero attached hydrogens (tertiary/aromatic N) is 2. The second-order valence-corrected chi connectivity index (χ2v) is 12.9. The van der Waals surface area contributed by atoms with Gasteiger partial charge in [0.2, 0.25) is 5.91 Å². The van der Waals surface area contributed by atoms with Gasteiger partial charge in [-0.1, -0.05) is 6.92 Å². The summed E-state index contributed by atoms with van der Waals surface area (Å²) in [7, 11) is 0. The molecule has 0 bridgehead atoms. The highest BCUT2D eigenvalue weighted by Gasteiger charge is 2.59. The van der Waals surface area contributed by atoms with Gasteiger partial charge in [0, 0.05) is 18.9 Å². The standard InChI is InChI=1S/C28H43N3O2/c1-17-25(31-15-5-4-6-24(31)29-17)30-26(32)23-10-9-22-21-8-7-18-16-27(2,33)13-11-19(18)20(21)12-14-28(22,23)3/h18-23,33H,4-16H2,1-3H3,(H,30,32)/t18-,19+,20-,21-,22+,23-,27-,28+/m1/s1. The Balaban J connectivity index is 1.19. The highest BCUT2D eigenvalue weighted by atomic mass is 16.3. The molecule has 2 heterocycles. The van der Waals surface area contributed by atoms with Gasteiger partial charge in [-0.25, -0.2) is 4.98 Å². The smallest absolute Gasteiger partial charge is 0.229 e. The minimum atomic E-state index is -0.446. The van der Waals surface area contributed by atoms with Crippen molar-refractivity contribution in [3.8, 4) is 0 Å². The van der Waals surface area contributed by atoms with Gasteiger partial charge in [0.15, 0.2) is 0 Å². The molecule has 5 heteroatoms. The average Bonchev–Trinajstić information content (AvgIpc) is 3.29. The first-order valence-electron chi connectivity index (χ1n) is 13.9. The SMILES string of the molecule is Cc1nc2n(c1NC(=O)[C@H]1CC[C@H]3[C@@H]4CC[C@@H]5C[C@](C)(O)CC[C@@H]5[C@H]4CC[C@]13C)CCCC2. The van der Waals surface area contributed by atoms with Crippen LogP contribution in [0.25, 0.3) is 0 Å². The highest BCUT2D eigenvalue weighted by molar-refractivity contribution is 5.93.